The van der Waals surface area contributed by atoms with E-state index in [0.717, 1.165) is 18.2 Å². The van der Waals surface area contributed by atoms with Gasteiger partial charge in [-0.2, -0.15) is 13.2 Å². The SMILES string of the molecule is Cn1c(=O)c(C2=C(Cl)C(NC(=O)c3cccc(C(F)(F)F)c3)CC=C2Cl)cc2cnccc21. The van der Waals surface area contributed by atoms with Gasteiger partial charge in [0.15, 0.2) is 0 Å². The lowest BCUT2D eigenvalue weighted by molar-refractivity contribution is -0.137. The Balaban J connectivity index is 1.72. The molecule has 0 saturated heterocycles. The standard InChI is InChI=1S/C23H16Cl2F3N3O2/c1-31-18-7-8-29-11-13(18)10-15(22(31)33)19-16(24)5-6-17(20(19)25)30-21(32)12-3-2-4-14(9-12)23(26,27)28/h2-5,7-11,17H,6H2,1H3,(H,30,32). The zero-order valence-electron chi connectivity index (χ0n) is 17.1. The number of carbonyl (C=O) groups excluding carboxylic acids is 1. The van der Waals surface area contributed by atoms with E-state index in [1.807, 2.05) is 0 Å². The molecule has 1 aromatic carbocycles. The highest BCUT2D eigenvalue weighted by molar-refractivity contribution is 6.43. The van der Waals surface area contributed by atoms with Crippen molar-refractivity contribution in [3.8, 4) is 0 Å². The van der Waals surface area contributed by atoms with Crippen LogP contribution in [0.2, 0.25) is 0 Å². The van der Waals surface area contributed by atoms with Crippen LogP contribution in [0.5, 0.6) is 0 Å². The van der Waals surface area contributed by atoms with Crippen LogP contribution in [-0.2, 0) is 13.2 Å². The number of alkyl halides is 3. The van der Waals surface area contributed by atoms with E-state index in [9.17, 15) is 22.8 Å². The number of amides is 1. The van der Waals surface area contributed by atoms with Gasteiger partial charge in [-0.05, 0) is 36.8 Å². The summed E-state index contributed by atoms with van der Waals surface area (Å²) < 4.78 is 40.4. The summed E-state index contributed by atoms with van der Waals surface area (Å²) in [5.74, 6) is -0.731. The van der Waals surface area contributed by atoms with Crippen LogP contribution < -0.4 is 10.9 Å². The van der Waals surface area contributed by atoms with Crippen molar-refractivity contribution in [1.29, 1.82) is 0 Å². The Morgan fingerprint density at radius 1 is 1.21 bits per heavy atom. The van der Waals surface area contributed by atoms with E-state index in [2.05, 4.69) is 10.3 Å². The van der Waals surface area contributed by atoms with E-state index in [-0.39, 0.29) is 38.7 Å². The van der Waals surface area contributed by atoms with Gasteiger partial charge in [-0.1, -0.05) is 35.3 Å². The van der Waals surface area contributed by atoms with Gasteiger partial charge in [-0.25, -0.2) is 0 Å². The second-order valence-corrected chi connectivity index (χ2v) is 8.29. The van der Waals surface area contributed by atoms with Gasteiger partial charge in [0.25, 0.3) is 11.5 Å². The third kappa shape index (κ3) is 4.41. The summed E-state index contributed by atoms with van der Waals surface area (Å²) >= 11 is 13.0. The number of hydrogen-bond acceptors (Lipinski definition) is 3. The Bertz CT molecular complexity index is 1390. The first-order valence-electron chi connectivity index (χ1n) is 9.76. The lowest BCUT2D eigenvalue weighted by Crippen LogP contribution is -2.37. The zero-order chi connectivity index (χ0) is 23.9. The molecule has 1 aliphatic rings. The van der Waals surface area contributed by atoms with Crippen molar-refractivity contribution >= 4 is 45.6 Å². The Labute approximate surface area is 196 Å². The predicted octanol–water partition coefficient (Wildman–Crippen LogP) is 5.23. The van der Waals surface area contributed by atoms with E-state index in [1.54, 1.807) is 37.7 Å². The van der Waals surface area contributed by atoms with Crippen LogP contribution in [-0.4, -0.2) is 21.5 Å². The summed E-state index contributed by atoms with van der Waals surface area (Å²) in [5.41, 5.74) is -0.298. The minimum Gasteiger partial charge on any atom is -0.344 e. The van der Waals surface area contributed by atoms with E-state index < -0.39 is 23.7 Å². The number of aromatic nitrogens is 2. The molecule has 1 N–H and O–H groups in total. The van der Waals surface area contributed by atoms with E-state index in [0.29, 0.717) is 10.9 Å². The van der Waals surface area contributed by atoms with Gasteiger partial charge < -0.3 is 9.88 Å². The Morgan fingerprint density at radius 2 is 1.97 bits per heavy atom. The van der Waals surface area contributed by atoms with Crippen molar-refractivity contribution in [1.82, 2.24) is 14.9 Å². The van der Waals surface area contributed by atoms with Crippen molar-refractivity contribution in [2.45, 2.75) is 18.6 Å². The molecule has 0 spiro atoms. The number of fused-ring (bicyclic) bond motifs is 1. The van der Waals surface area contributed by atoms with Gasteiger partial charge >= 0.3 is 6.18 Å². The highest BCUT2D eigenvalue weighted by atomic mass is 35.5. The maximum absolute atomic E-state index is 13.0. The third-order valence-electron chi connectivity index (χ3n) is 5.37. The lowest BCUT2D eigenvalue weighted by Gasteiger charge is -2.24. The molecular formula is C23H16Cl2F3N3O2. The number of benzene rings is 1. The van der Waals surface area contributed by atoms with Crippen LogP contribution in [0.3, 0.4) is 0 Å². The second kappa shape index (κ2) is 8.68. The first kappa shape index (κ1) is 23.1. The normalized spacial score (nSPS) is 16.7. The van der Waals surface area contributed by atoms with Crippen LogP contribution in [0, 0.1) is 0 Å². The zero-order valence-corrected chi connectivity index (χ0v) is 18.6. The number of nitrogens with one attached hydrogen (secondary N) is 1. The molecule has 5 nitrogen and oxygen atoms in total. The first-order valence-corrected chi connectivity index (χ1v) is 10.5. The fourth-order valence-electron chi connectivity index (χ4n) is 3.68. The molecule has 1 amide bonds. The molecule has 0 bridgehead atoms. The molecule has 4 rings (SSSR count). The molecule has 1 aliphatic carbocycles. The fourth-order valence-corrected chi connectivity index (χ4v) is 4.36. The van der Waals surface area contributed by atoms with Gasteiger partial charge in [-0.3, -0.25) is 14.6 Å². The van der Waals surface area contributed by atoms with E-state index in [1.165, 1.54) is 10.6 Å². The van der Waals surface area contributed by atoms with Crippen LogP contribution >= 0.6 is 23.2 Å². The monoisotopic (exact) mass is 493 g/mol. The predicted molar refractivity (Wildman–Crippen MR) is 121 cm³/mol. The number of halogens is 5. The van der Waals surface area contributed by atoms with Crippen LogP contribution in [0.1, 0.15) is 27.9 Å². The van der Waals surface area contributed by atoms with Crippen molar-refractivity contribution in [3.63, 3.8) is 0 Å². The molecule has 0 saturated carbocycles. The van der Waals surface area contributed by atoms with Crippen LogP contribution in [0.15, 0.2) is 69.7 Å². The van der Waals surface area contributed by atoms with Crippen molar-refractivity contribution < 1.29 is 18.0 Å². The summed E-state index contributed by atoms with van der Waals surface area (Å²) in [6, 6.07) is 6.63. The number of nitrogens with zero attached hydrogens (tertiary/aromatic N) is 2. The highest BCUT2D eigenvalue weighted by Gasteiger charge is 2.32. The Hall–Kier alpha value is -3.10. The Morgan fingerprint density at radius 3 is 2.70 bits per heavy atom. The number of rotatable bonds is 3. The summed E-state index contributed by atoms with van der Waals surface area (Å²) in [7, 11) is 1.61. The molecule has 10 heteroatoms. The fraction of sp³-hybridized carbons (Fsp3) is 0.174. The minimum absolute atomic E-state index is 0.114. The first-order chi connectivity index (χ1) is 15.6. The molecule has 1 unspecified atom stereocenters. The molecule has 2 heterocycles. The number of carbonyl (C=O) groups is 1. The topological polar surface area (TPSA) is 64.0 Å². The third-order valence-corrected chi connectivity index (χ3v) is 6.16. The molecule has 170 valence electrons. The molecule has 0 aliphatic heterocycles. The van der Waals surface area contributed by atoms with Gasteiger partial charge in [0.2, 0.25) is 0 Å². The summed E-state index contributed by atoms with van der Waals surface area (Å²) in [6.45, 7) is 0. The average molecular weight is 494 g/mol. The summed E-state index contributed by atoms with van der Waals surface area (Å²) in [4.78, 5) is 29.8. The van der Waals surface area contributed by atoms with Crippen LogP contribution in [0.4, 0.5) is 13.2 Å². The molecule has 33 heavy (non-hydrogen) atoms. The molecule has 0 fully saturated rings. The quantitative estimate of drug-likeness (QED) is 0.543. The van der Waals surface area contributed by atoms with Crippen molar-refractivity contribution in [2.24, 2.45) is 7.05 Å². The second-order valence-electron chi connectivity index (χ2n) is 7.47. The maximum atomic E-state index is 13.0. The van der Waals surface area contributed by atoms with Gasteiger partial charge in [0.1, 0.15) is 0 Å². The van der Waals surface area contributed by atoms with E-state index >= 15 is 0 Å². The molecule has 2 aromatic heterocycles. The highest BCUT2D eigenvalue weighted by Crippen LogP contribution is 2.37. The maximum Gasteiger partial charge on any atom is 0.416 e. The van der Waals surface area contributed by atoms with Crippen molar-refractivity contribution in [2.75, 3.05) is 0 Å². The average Bonchev–Trinajstić information content (AvgIpc) is 2.78. The van der Waals surface area contributed by atoms with Crippen molar-refractivity contribution in [3.05, 3.63) is 92.0 Å². The van der Waals surface area contributed by atoms with Gasteiger partial charge in [-0.15, -0.1) is 0 Å². The molecule has 3 aromatic rings. The van der Waals surface area contributed by atoms with E-state index in [4.69, 9.17) is 23.2 Å². The largest absolute Gasteiger partial charge is 0.416 e. The number of aryl methyl sites for hydroxylation is 1. The van der Waals surface area contributed by atoms with Gasteiger partial charge in [0.05, 0.1) is 27.7 Å². The number of pyridine rings is 2. The molecule has 0 radical (unpaired) electrons. The van der Waals surface area contributed by atoms with Crippen LogP contribution in [0.25, 0.3) is 16.5 Å². The van der Waals surface area contributed by atoms with Gasteiger partial charge in [0, 0.05) is 41.0 Å². The smallest absolute Gasteiger partial charge is 0.344 e. The minimum atomic E-state index is -4.58. The molecular weight excluding hydrogens is 478 g/mol. The number of hydrogen-bond donors (Lipinski definition) is 1. The molecule has 1 atom stereocenters. The summed E-state index contributed by atoms with van der Waals surface area (Å²) in [6.07, 6.45) is 0.405. The summed E-state index contributed by atoms with van der Waals surface area (Å²) in [5, 5.41) is 3.68. The lowest BCUT2D eigenvalue weighted by atomic mass is 9.95. The number of allylic oxidation sites excluding steroid dienone is 2. The Kier molecular flexibility index (Phi) is 6.07.